The topological polar surface area (TPSA) is 63.4 Å². The van der Waals surface area contributed by atoms with Crippen LogP contribution in [0.5, 0.6) is 0 Å². The number of nitrogens with two attached hydrogens (primary N) is 1. The molecule has 0 spiro atoms. The van der Waals surface area contributed by atoms with Crippen molar-refractivity contribution in [2.24, 2.45) is 5.73 Å². The molecule has 1 fully saturated rings. The highest BCUT2D eigenvalue weighted by Crippen LogP contribution is 2.28. The summed E-state index contributed by atoms with van der Waals surface area (Å²) in [7, 11) is -2.89. The van der Waals surface area contributed by atoms with E-state index in [0.717, 1.165) is 13.0 Å². The van der Waals surface area contributed by atoms with Crippen molar-refractivity contribution in [1.82, 2.24) is 4.90 Å². The molecule has 1 aliphatic rings. The van der Waals surface area contributed by atoms with Crippen molar-refractivity contribution in [3.63, 3.8) is 0 Å². The Hall–Kier alpha value is -0.910. The van der Waals surface area contributed by atoms with Gasteiger partial charge in [0.25, 0.3) is 0 Å². The van der Waals surface area contributed by atoms with Crippen LogP contribution >= 0.6 is 0 Å². The number of nitrogens with zero attached hydrogens (tertiary/aromatic N) is 1. The molecular weight excluding hydrogens is 284 g/mol. The smallest absolute Gasteiger partial charge is 0.151 e. The predicted molar refractivity (Wildman–Crippen MR) is 87.0 cm³/mol. The Kier molecular flexibility index (Phi) is 5.41. The van der Waals surface area contributed by atoms with E-state index in [1.807, 2.05) is 12.1 Å². The number of hydrogen-bond donors (Lipinski definition) is 1. The van der Waals surface area contributed by atoms with Crippen LogP contribution in [0.2, 0.25) is 0 Å². The van der Waals surface area contributed by atoms with E-state index in [1.54, 1.807) is 0 Å². The second-order valence-corrected chi connectivity index (χ2v) is 8.22. The lowest BCUT2D eigenvalue weighted by atomic mass is 9.92. The molecule has 0 aliphatic carbocycles. The normalized spacial score (nSPS) is 22.4. The maximum Gasteiger partial charge on any atom is 0.151 e. The molecule has 0 bridgehead atoms. The van der Waals surface area contributed by atoms with E-state index in [9.17, 15) is 8.42 Å². The Morgan fingerprint density at radius 2 is 1.95 bits per heavy atom. The maximum atomic E-state index is 11.8. The van der Waals surface area contributed by atoms with Crippen molar-refractivity contribution in [2.45, 2.75) is 38.8 Å². The minimum atomic E-state index is -2.89. The Labute approximate surface area is 128 Å². The van der Waals surface area contributed by atoms with E-state index in [-0.39, 0.29) is 17.8 Å². The first-order chi connectivity index (χ1) is 9.94. The summed E-state index contributed by atoms with van der Waals surface area (Å²) < 4.78 is 23.6. The fourth-order valence-electron chi connectivity index (χ4n) is 3.08. The fraction of sp³-hybridized carbons (Fsp3) is 0.625. The van der Waals surface area contributed by atoms with E-state index in [4.69, 9.17) is 5.73 Å². The van der Waals surface area contributed by atoms with Gasteiger partial charge in [-0.3, -0.25) is 4.90 Å². The van der Waals surface area contributed by atoms with Gasteiger partial charge in [0.1, 0.15) is 0 Å². The first-order valence-electron chi connectivity index (χ1n) is 7.70. The van der Waals surface area contributed by atoms with Gasteiger partial charge in [0, 0.05) is 12.6 Å². The molecular formula is C16H26N2O2S. The first kappa shape index (κ1) is 16.5. The van der Waals surface area contributed by atoms with Crippen molar-refractivity contribution in [2.75, 3.05) is 24.6 Å². The summed E-state index contributed by atoms with van der Waals surface area (Å²) in [6.07, 6.45) is 1.57. The molecule has 1 aromatic rings. The summed E-state index contributed by atoms with van der Waals surface area (Å²) in [4.78, 5) is 2.26. The Balaban J connectivity index is 2.31. The van der Waals surface area contributed by atoms with Crippen LogP contribution in [0.1, 0.15) is 36.9 Å². The minimum absolute atomic E-state index is 0.0203. The molecule has 2 unspecified atom stereocenters. The number of sulfone groups is 1. The molecule has 4 nitrogen and oxygen atoms in total. The van der Waals surface area contributed by atoms with Crippen LogP contribution in [0.4, 0.5) is 0 Å². The van der Waals surface area contributed by atoms with Gasteiger partial charge in [-0.25, -0.2) is 8.42 Å². The zero-order valence-corrected chi connectivity index (χ0v) is 13.8. The lowest BCUT2D eigenvalue weighted by molar-refractivity contribution is 0.181. The second kappa shape index (κ2) is 6.90. The molecule has 5 heteroatoms. The van der Waals surface area contributed by atoms with Crippen LogP contribution in [0, 0.1) is 6.92 Å². The van der Waals surface area contributed by atoms with Gasteiger partial charge in [0.15, 0.2) is 9.84 Å². The monoisotopic (exact) mass is 310 g/mol. The molecule has 0 saturated carbocycles. The standard InChI is InChI=1S/C16H26N2O2S/c1-3-15(17)16(14-8-5-4-7-13(14)2)18-9-6-11-21(19,20)12-10-18/h4-5,7-8,15-16H,3,6,9-12,17H2,1-2H3. The zero-order valence-electron chi connectivity index (χ0n) is 13.0. The number of rotatable bonds is 4. The zero-order chi connectivity index (χ0) is 15.5. The molecule has 0 amide bonds. The number of aryl methyl sites for hydroxylation is 1. The highest BCUT2D eigenvalue weighted by molar-refractivity contribution is 7.91. The molecule has 21 heavy (non-hydrogen) atoms. The molecule has 1 aromatic carbocycles. The highest BCUT2D eigenvalue weighted by atomic mass is 32.2. The third-order valence-electron chi connectivity index (χ3n) is 4.37. The molecule has 2 rings (SSSR count). The minimum Gasteiger partial charge on any atom is -0.326 e. The van der Waals surface area contributed by atoms with Gasteiger partial charge in [-0.05, 0) is 37.4 Å². The quantitative estimate of drug-likeness (QED) is 0.922. The average Bonchev–Trinajstić information content (AvgIpc) is 2.62. The van der Waals surface area contributed by atoms with Crippen molar-refractivity contribution >= 4 is 9.84 Å². The highest BCUT2D eigenvalue weighted by Gasteiger charge is 2.29. The van der Waals surface area contributed by atoms with Gasteiger partial charge in [-0.15, -0.1) is 0 Å². The Bertz CT molecular complexity index is 571. The second-order valence-electron chi connectivity index (χ2n) is 5.91. The Morgan fingerprint density at radius 3 is 2.62 bits per heavy atom. The third-order valence-corrected chi connectivity index (χ3v) is 6.08. The summed E-state index contributed by atoms with van der Waals surface area (Å²) >= 11 is 0. The van der Waals surface area contributed by atoms with E-state index in [0.29, 0.717) is 18.7 Å². The predicted octanol–water partition coefficient (Wildman–Crippen LogP) is 1.89. The summed E-state index contributed by atoms with van der Waals surface area (Å²) in [6.45, 7) is 5.56. The largest absolute Gasteiger partial charge is 0.326 e. The lowest BCUT2D eigenvalue weighted by Crippen LogP contribution is -2.42. The molecule has 1 heterocycles. The molecule has 1 saturated heterocycles. The van der Waals surface area contributed by atoms with E-state index in [2.05, 4.69) is 30.9 Å². The molecule has 0 radical (unpaired) electrons. The summed E-state index contributed by atoms with van der Waals surface area (Å²) in [6, 6.07) is 8.40. The molecule has 0 aromatic heterocycles. The SMILES string of the molecule is CCC(N)C(c1ccccc1C)N1CCCS(=O)(=O)CC1. The van der Waals surface area contributed by atoms with Gasteiger partial charge in [-0.2, -0.15) is 0 Å². The summed E-state index contributed by atoms with van der Waals surface area (Å²) in [5.41, 5.74) is 8.83. The van der Waals surface area contributed by atoms with Gasteiger partial charge < -0.3 is 5.73 Å². The van der Waals surface area contributed by atoms with Gasteiger partial charge >= 0.3 is 0 Å². The van der Waals surface area contributed by atoms with E-state index in [1.165, 1.54) is 11.1 Å². The summed E-state index contributed by atoms with van der Waals surface area (Å²) in [5.74, 6) is 0.539. The van der Waals surface area contributed by atoms with Crippen LogP contribution in [0.3, 0.4) is 0 Å². The van der Waals surface area contributed by atoms with Crippen molar-refractivity contribution in [1.29, 1.82) is 0 Å². The molecule has 2 atom stereocenters. The van der Waals surface area contributed by atoms with Gasteiger partial charge in [-0.1, -0.05) is 31.2 Å². The fourth-order valence-corrected chi connectivity index (χ4v) is 4.36. The van der Waals surface area contributed by atoms with Crippen LogP contribution < -0.4 is 5.73 Å². The summed E-state index contributed by atoms with van der Waals surface area (Å²) in [5, 5.41) is 0. The first-order valence-corrected chi connectivity index (χ1v) is 9.52. The maximum absolute atomic E-state index is 11.8. The third kappa shape index (κ3) is 4.05. The number of hydrogen-bond acceptors (Lipinski definition) is 4. The van der Waals surface area contributed by atoms with Gasteiger partial charge in [0.2, 0.25) is 0 Å². The number of benzene rings is 1. The van der Waals surface area contributed by atoms with E-state index < -0.39 is 9.84 Å². The average molecular weight is 310 g/mol. The van der Waals surface area contributed by atoms with Crippen LogP contribution in [-0.2, 0) is 9.84 Å². The Morgan fingerprint density at radius 1 is 1.24 bits per heavy atom. The van der Waals surface area contributed by atoms with E-state index >= 15 is 0 Å². The molecule has 1 aliphatic heterocycles. The van der Waals surface area contributed by atoms with Gasteiger partial charge in [0.05, 0.1) is 17.5 Å². The van der Waals surface area contributed by atoms with Crippen LogP contribution in [0.15, 0.2) is 24.3 Å². The van der Waals surface area contributed by atoms with Crippen molar-refractivity contribution in [3.05, 3.63) is 35.4 Å². The molecule has 2 N–H and O–H groups in total. The molecule has 118 valence electrons. The van der Waals surface area contributed by atoms with Crippen LogP contribution in [0.25, 0.3) is 0 Å². The van der Waals surface area contributed by atoms with Crippen molar-refractivity contribution < 1.29 is 8.42 Å². The lowest BCUT2D eigenvalue weighted by Gasteiger charge is -2.35. The van der Waals surface area contributed by atoms with Crippen molar-refractivity contribution in [3.8, 4) is 0 Å². The van der Waals surface area contributed by atoms with Crippen LogP contribution in [-0.4, -0.2) is 44.0 Å².